The van der Waals surface area contributed by atoms with E-state index >= 15 is 0 Å². The highest BCUT2D eigenvalue weighted by Crippen LogP contribution is 2.18. The molecule has 1 fully saturated rings. The van der Waals surface area contributed by atoms with E-state index in [0.717, 1.165) is 13.1 Å². The lowest BCUT2D eigenvalue weighted by Crippen LogP contribution is -2.48. The zero-order valence-electron chi connectivity index (χ0n) is 7.86. The molecule has 1 aromatic heterocycles. The van der Waals surface area contributed by atoms with Gasteiger partial charge in [0.1, 0.15) is 5.00 Å². The number of aromatic nitrogens is 2. The van der Waals surface area contributed by atoms with Crippen molar-refractivity contribution in [2.24, 2.45) is 11.8 Å². The van der Waals surface area contributed by atoms with Crippen LogP contribution in [0.4, 0.5) is 5.00 Å². The van der Waals surface area contributed by atoms with Gasteiger partial charge in [-0.25, -0.2) is 0 Å². The van der Waals surface area contributed by atoms with E-state index in [0.29, 0.717) is 10.9 Å². The van der Waals surface area contributed by atoms with Crippen molar-refractivity contribution in [1.82, 2.24) is 14.9 Å². The van der Waals surface area contributed by atoms with Crippen LogP contribution in [-0.4, -0.2) is 28.6 Å². The van der Waals surface area contributed by atoms with Gasteiger partial charge in [0.2, 0.25) is 5.91 Å². The highest BCUT2D eigenvalue weighted by atomic mass is 32.1. The molecule has 0 bridgehead atoms. The van der Waals surface area contributed by atoms with Gasteiger partial charge in [-0.1, -0.05) is 11.4 Å². The highest BCUT2D eigenvalue weighted by Gasteiger charge is 2.28. The standard InChI is InChI=1S/C8H12N4OS/c1-5(6-2-9-3-6)8(13)11-7-4-10-12-14-7/h4-6,9H,2-3H2,1H3,(H,11,13). The van der Waals surface area contributed by atoms with Crippen LogP contribution in [0.25, 0.3) is 0 Å². The van der Waals surface area contributed by atoms with E-state index in [-0.39, 0.29) is 11.8 Å². The number of nitrogens with zero attached hydrogens (tertiary/aromatic N) is 2. The van der Waals surface area contributed by atoms with Crippen LogP contribution in [0.5, 0.6) is 0 Å². The largest absolute Gasteiger partial charge is 0.316 e. The Bertz CT molecular complexity index is 309. The molecule has 1 aliphatic heterocycles. The van der Waals surface area contributed by atoms with E-state index in [2.05, 4.69) is 20.2 Å². The maximum absolute atomic E-state index is 11.7. The van der Waals surface area contributed by atoms with Gasteiger partial charge in [-0.05, 0) is 19.0 Å². The van der Waals surface area contributed by atoms with Crippen molar-refractivity contribution in [3.63, 3.8) is 0 Å². The van der Waals surface area contributed by atoms with Crippen LogP contribution in [-0.2, 0) is 4.79 Å². The van der Waals surface area contributed by atoms with Gasteiger partial charge < -0.3 is 10.6 Å². The maximum Gasteiger partial charge on any atom is 0.228 e. The minimum atomic E-state index is 0.0540. The maximum atomic E-state index is 11.7. The predicted octanol–water partition coefficient (Wildman–Crippen LogP) is 0.332. The van der Waals surface area contributed by atoms with Crippen molar-refractivity contribution < 1.29 is 4.79 Å². The normalized spacial score (nSPS) is 18.6. The molecule has 0 radical (unpaired) electrons. The molecule has 0 spiro atoms. The summed E-state index contributed by atoms with van der Waals surface area (Å²) < 4.78 is 3.68. The summed E-state index contributed by atoms with van der Waals surface area (Å²) in [6.45, 7) is 3.83. The molecule has 0 saturated carbocycles. The Morgan fingerprint density at radius 1 is 1.79 bits per heavy atom. The van der Waals surface area contributed by atoms with Crippen molar-refractivity contribution >= 4 is 22.4 Å². The van der Waals surface area contributed by atoms with Crippen LogP contribution >= 0.6 is 11.5 Å². The molecule has 6 heteroatoms. The fraction of sp³-hybridized carbons (Fsp3) is 0.625. The Balaban J connectivity index is 1.88. The van der Waals surface area contributed by atoms with Crippen molar-refractivity contribution in [1.29, 1.82) is 0 Å². The van der Waals surface area contributed by atoms with Crippen LogP contribution in [0.1, 0.15) is 6.92 Å². The fourth-order valence-corrected chi connectivity index (χ4v) is 1.76. The lowest BCUT2D eigenvalue weighted by atomic mass is 9.88. The molecular formula is C8H12N4OS. The van der Waals surface area contributed by atoms with E-state index in [1.54, 1.807) is 6.20 Å². The van der Waals surface area contributed by atoms with Gasteiger partial charge in [-0.15, -0.1) is 5.10 Å². The molecule has 1 aromatic rings. The summed E-state index contributed by atoms with van der Waals surface area (Å²) in [4.78, 5) is 11.7. The van der Waals surface area contributed by atoms with Gasteiger partial charge in [-0.3, -0.25) is 4.79 Å². The number of rotatable bonds is 3. The molecule has 0 aromatic carbocycles. The summed E-state index contributed by atoms with van der Waals surface area (Å²) in [6, 6.07) is 0. The topological polar surface area (TPSA) is 66.9 Å². The third-order valence-electron chi connectivity index (χ3n) is 2.54. The summed E-state index contributed by atoms with van der Waals surface area (Å²) in [5, 5.41) is 10.3. The molecule has 0 aliphatic carbocycles. The number of carbonyl (C=O) groups is 1. The van der Waals surface area contributed by atoms with Crippen molar-refractivity contribution in [2.75, 3.05) is 18.4 Å². The molecule has 2 N–H and O–H groups in total. The lowest BCUT2D eigenvalue weighted by Gasteiger charge is -2.31. The molecule has 1 aliphatic rings. The number of carbonyl (C=O) groups excluding carboxylic acids is 1. The molecule has 76 valence electrons. The van der Waals surface area contributed by atoms with E-state index in [1.165, 1.54) is 11.5 Å². The summed E-state index contributed by atoms with van der Waals surface area (Å²) in [5.74, 6) is 0.580. The highest BCUT2D eigenvalue weighted by molar-refractivity contribution is 7.10. The monoisotopic (exact) mass is 212 g/mol. The van der Waals surface area contributed by atoms with E-state index in [9.17, 15) is 4.79 Å². The van der Waals surface area contributed by atoms with Crippen LogP contribution in [0, 0.1) is 11.8 Å². The first kappa shape index (κ1) is 9.54. The average Bonchev–Trinajstić information content (AvgIpc) is 2.53. The number of nitrogens with one attached hydrogen (secondary N) is 2. The average molecular weight is 212 g/mol. The summed E-state index contributed by atoms with van der Waals surface area (Å²) in [6.07, 6.45) is 1.56. The summed E-state index contributed by atoms with van der Waals surface area (Å²) in [7, 11) is 0. The Kier molecular flexibility index (Phi) is 2.74. The second kappa shape index (κ2) is 4.02. The van der Waals surface area contributed by atoms with Gasteiger partial charge in [0.25, 0.3) is 0 Å². The molecule has 1 atom stereocenters. The van der Waals surface area contributed by atoms with E-state index in [1.807, 2.05) is 6.92 Å². The Morgan fingerprint density at radius 2 is 2.57 bits per heavy atom. The van der Waals surface area contributed by atoms with Crippen molar-refractivity contribution in [2.45, 2.75) is 6.92 Å². The van der Waals surface area contributed by atoms with Crippen LogP contribution in [0.15, 0.2) is 6.20 Å². The Hall–Kier alpha value is -1.01. The minimum absolute atomic E-state index is 0.0540. The van der Waals surface area contributed by atoms with Crippen molar-refractivity contribution in [3.05, 3.63) is 6.20 Å². The smallest absolute Gasteiger partial charge is 0.228 e. The molecule has 1 unspecified atom stereocenters. The molecule has 2 heterocycles. The third-order valence-corrected chi connectivity index (χ3v) is 3.12. The molecule has 1 saturated heterocycles. The molecule has 2 rings (SSSR count). The number of amides is 1. The number of hydrogen-bond acceptors (Lipinski definition) is 5. The van der Waals surface area contributed by atoms with Gasteiger partial charge >= 0.3 is 0 Å². The van der Waals surface area contributed by atoms with Gasteiger partial charge in [0.05, 0.1) is 6.20 Å². The first-order valence-corrected chi connectivity index (χ1v) is 5.33. The predicted molar refractivity (Wildman–Crippen MR) is 54.1 cm³/mol. The number of anilines is 1. The van der Waals surface area contributed by atoms with Crippen LogP contribution in [0.2, 0.25) is 0 Å². The lowest BCUT2D eigenvalue weighted by molar-refractivity contribution is -0.121. The van der Waals surface area contributed by atoms with E-state index < -0.39 is 0 Å². The third kappa shape index (κ3) is 1.91. The van der Waals surface area contributed by atoms with Gasteiger partial charge in [0.15, 0.2) is 0 Å². The van der Waals surface area contributed by atoms with Crippen LogP contribution in [0.3, 0.4) is 0 Å². The van der Waals surface area contributed by atoms with E-state index in [4.69, 9.17) is 0 Å². The summed E-state index contributed by atoms with van der Waals surface area (Å²) in [5.41, 5.74) is 0. The zero-order chi connectivity index (χ0) is 9.97. The number of hydrogen-bond donors (Lipinski definition) is 2. The second-order valence-corrected chi connectivity index (χ2v) is 4.26. The van der Waals surface area contributed by atoms with Crippen molar-refractivity contribution in [3.8, 4) is 0 Å². The molecule has 14 heavy (non-hydrogen) atoms. The SMILES string of the molecule is CC(C(=O)Nc1cnns1)C1CNC1. The second-order valence-electron chi connectivity index (χ2n) is 3.48. The fourth-order valence-electron chi connectivity index (χ4n) is 1.34. The molecule has 5 nitrogen and oxygen atoms in total. The Labute approximate surface area is 86.1 Å². The van der Waals surface area contributed by atoms with Crippen LogP contribution < -0.4 is 10.6 Å². The summed E-state index contributed by atoms with van der Waals surface area (Å²) >= 11 is 1.20. The molecule has 1 amide bonds. The first-order valence-electron chi connectivity index (χ1n) is 4.56. The minimum Gasteiger partial charge on any atom is -0.316 e. The Morgan fingerprint density at radius 3 is 3.07 bits per heavy atom. The first-order chi connectivity index (χ1) is 6.77. The zero-order valence-corrected chi connectivity index (χ0v) is 8.67. The van der Waals surface area contributed by atoms with Gasteiger partial charge in [0, 0.05) is 17.5 Å². The van der Waals surface area contributed by atoms with Gasteiger partial charge in [-0.2, -0.15) is 0 Å². The quantitative estimate of drug-likeness (QED) is 0.758. The molecular weight excluding hydrogens is 200 g/mol.